The number of nitrogens with one attached hydrogen (secondary N) is 2. The second-order valence-corrected chi connectivity index (χ2v) is 4.35. The van der Waals surface area contributed by atoms with Crippen molar-refractivity contribution >= 4 is 0 Å². The quantitative estimate of drug-likeness (QED) is 0.613. The van der Waals surface area contributed by atoms with Crippen molar-refractivity contribution < 1.29 is 0 Å². The first-order valence-electron chi connectivity index (χ1n) is 6.37. The monoisotopic (exact) mass is 198 g/mol. The predicted molar refractivity (Wildman–Crippen MR) is 62.7 cm³/mol. The molecule has 14 heavy (non-hydrogen) atoms. The molecule has 0 heterocycles. The molecule has 84 valence electrons. The Balaban J connectivity index is 1.82. The topological polar surface area (TPSA) is 24.1 Å². The molecule has 1 rings (SSSR count). The van der Waals surface area contributed by atoms with Crippen molar-refractivity contribution in [1.29, 1.82) is 0 Å². The molecule has 2 nitrogen and oxygen atoms in total. The van der Waals surface area contributed by atoms with E-state index in [9.17, 15) is 0 Å². The lowest BCUT2D eigenvalue weighted by Crippen LogP contribution is -2.32. The molecule has 1 aliphatic rings. The zero-order valence-corrected chi connectivity index (χ0v) is 9.65. The van der Waals surface area contributed by atoms with Gasteiger partial charge < -0.3 is 10.6 Å². The zero-order valence-electron chi connectivity index (χ0n) is 9.65. The molecular weight excluding hydrogens is 172 g/mol. The van der Waals surface area contributed by atoms with Crippen LogP contribution < -0.4 is 10.6 Å². The summed E-state index contributed by atoms with van der Waals surface area (Å²) in [5.74, 6) is 0. The van der Waals surface area contributed by atoms with Crippen LogP contribution in [0.15, 0.2) is 0 Å². The molecule has 0 unspecified atom stereocenters. The average Bonchev–Trinajstić information content (AvgIpc) is 2.25. The maximum atomic E-state index is 3.67. The molecule has 2 heteroatoms. The summed E-state index contributed by atoms with van der Waals surface area (Å²) in [6.07, 6.45) is 9.79. The number of hydrogen-bond donors (Lipinski definition) is 2. The van der Waals surface area contributed by atoms with Crippen molar-refractivity contribution in [3.8, 4) is 0 Å². The third-order valence-electron chi connectivity index (χ3n) is 3.07. The van der Waals surface area contributed by atoms with Crippen LogP contribution in [0.1, 0.15) is 51.9 Å². The van der Waals surface area contributed by atoms with Crippen LogP contribution in [-0.4, -0.2) is 25.7 Å². The lowest BCUT2D eigenvalue weighted by Gasteiger charge is -2.22. The van der Waals surface area contributed by atoms with E-state index < -0.39 is 0 Å². The molecule has 0 atom stereocenters. The van der Waals surface area contributed by atoms with Crippen molar-refractivity contribution in [3.63, 3.8) is 0 Å². The summed E-state index contributed by atoms with van der Waals surface area (Å²) in [6.45, 7) is 5.68. The van der Waals surface area contributed by atoms with Crippen LogP contribution >= 0.6 is 0 Å². The highest BCUT2D eigenvalue weighted by Crippen LogP contribution is 2.17. The van der Waals surface area contributed by atoms with Crippen molar-refractivity contribution in [2.24, 2.45) is 0 Å². The molecule has 0 aromatic rings. The molecule has 2 N–H and O–H groups in total. The summed E-state index contributed by atoms with van der Waals surface area (Å²) in [5.41, 5.74) is 0. The molecule has 0 aromatic carbocycles. The Morgan fingerprint density at radius 3 is 2.43 bits per heavy atom. The maximum absolute atomic E-state index is 3.67. The lowest BCUT2D eigenvalue weighted by atomic mass is 9.95. The van der Waals surface area contributed by atoms with Crippen LogP contribution in [0.2, 0.25) is 0 Å². The SMILES string of the molecule is CCNCCCCNC1CCCCC1. The maximum Gasteiger partial charge on any atom is 0.00670 e. The predicted octanol–water partition coefficient (Wildman–Crippen LogP) is 2.30. The fourth-order valence-corrected chi connectivity index (χ4v) is 2.16. The molecule has 1 fully saturated rings. The van der Waals surface area contributed by atoms with E-state index in [2.05, 4.69) is 17.6 Å². The molecule has 0 aromatic heterocycles. The minimum Gasteiger partial charge on any atom is -0.317 e. The first kappa shape index (κ1) is 12.0. The Morgan fingerprint density at radius 2 is 1.71 bits per heavy atom. The second kappa shape index (κ2) is 8.25. The van der Waals surface area contributed by atoms with Gasteiger partial charge in [0.25, 0.3) is 0 Å². The summed E-state index contributed by atoms with van der Waals surface area (Å²) < 4.78 is 0. The summed E-state index contributed by atoms with van der Waals surface area (Å²) in [4.78, 5) is 0. The molecular formula is C12H26N2. The molecule has 0 saturated heterocycles. The van der Waals surface area contributed by atoms with Crippen LogP contribution in [0.5, 0.6) is 0 Å². The average molecular weight is 198 g/mol. The highest BCUT2D eigenvalue weighted by molar-refractivity contribution is 4.71. The summed E-state index contributed by atoms with van der Waals surface area (Å²) in [6, 6.07) is 0.836. The molecule has 0 amide bonds. The molecule has 1 aliphatic carbocycles. The number of rotatable bonds is 7. The van der Waals surface area contributed by atoms with Crippen LogP contribution in [0, 0.1) is 0 Å². The number of unbranched alkanes of at least 4 members (excludes halogenated alkanes) is 1. The normalized spacial score (nSPS) is 18.6. The first-order chi connectivity index (χ1) is 6.93. The Hall–Kier alpha value is -0.0800. The van der Waals surface area contributed by atoms with Gasteiger partial charge in [0.15, 0.2) is 0 Å². The van der Waals surface area contributed by atoms with Crippen molar-refractivity contribution in [3.05, 3.63) is 0 Å². The van der Waals surface area contributed by atoms with Gasteiger partial charge in [-0.3, -0.25) is 0 Å². The number of hydrogen-bond acceptors (Lipinski definition) is 2. The van der Waals surface area contributed by atoms with Crippen LogP contribution in [0.3, 0.4) is 0 Å². The Bertz CT molecular complexity index is 119. The van der Waals surface area contributed by atoms with E-state index in [0.717, 1.165) is 12.6 Å². The van der Waals surface area contributed by atoms with Gasteiger partial charge in [-0.05, 0) is 45.3 Å². The minimum atomic E-state index is 0.836. The zero-order chi connectivity index (χ0) is 10.1. The van der Waals surface area contributed by atoms with Gasteiger partial charge in [0.1, 0.15) is 0 Å². The summed E-state index contributed by atoms with van der Waals surface area (Å²) in [5, 5.41) is 7.03. The van der Waals surface area contributed by atoms with E-state index in [1.165, 1.54) is 58.0 Å². The van der Waals surface area contributed by atoms with Gasteiger partial charge >= 0.3 is 0 Å². The third kappa shape index (κ3) is 5.61. The lowest BCUT2D eigenvalue weighted by molar-refractivity contribution is 0.370. The Labute approximate surface area is 88.8 Å². The highest BCUT2D eigenvalue weighted by Gasteiger charge is 2.11. The molecule has 0 radical (unpaired) electrons. The van der Waals surface area contributed by atoms with Crippen LogP contribution in [0.4, 0.5) is 0 Å². The van der Waals surface area contributed by atoms with E-state index in [-0.39, 0.29) is 0 Å². The Kier molecular flexibility index (Phi) is 7.06. The highest BCUT2D eigenvalue weighted by atomic mass is 14.9. The fraction of sp³-hybridized carbons (Fsp3) is 1.00. The Morgan fingerprint density at radius 1 is 1.00 bits per heavy atom. The third-order valence-corrected chi connectivity index (χ3v) is 3.07. The van der Waals surface area contributed by atoms with Gasteiger partial charge in [0, 0.05) is 6.04 Å². The minimum absolute atomic E-state index is 0.836. The standard InChI is InChI=1S/C12H26N2/c1-2-13-10-6-7-11-14-12-8-4-3-5-9-12/h12-14H,2-11H2,1H3. The molecule has 0 aliphatic heterocycles. The van der Waals surface area contributed by atoms with Crippen molar-refractivity contribution in [2.45, 2.75) is 57.9 Å². The van der Waals surface area contributed by atoms with Crippen molar-refractivity contribution in [2.75, 3.05) is 19.6 Å². The van der Waals surface area contributed by atoms with E-state index in [0.29, 0.717) is 0 Å². The molecule has 1 saturated carbocycles. The van der Waals surface area contributed by atoms with E-state index in [4.69, 9.17) is 0 Å². The van der Waals surface area contributed by atoms with Crippen molar-refractivity contribution in [1.82, 2.24) is 10.6 Å². The van der Waals surface area contributed by atoms with Crippen LogP contribution in [-0.2, 0) is 0 Å². The molecule has 0 spiro atoms. The molecule has 0 bridgehead atoms. The van der Waals surface area contributed by atoms with E-state index >= 15 is 0 Å². The second-order valence-electron chi connectivity index (χ2n) is 4.35. The largest absolute Gasteiger partial charge is 0.317 e. The van der Waals surface area contributed by atoms with Gasteiger partial charge in [-0.2, -0.15) is 0 Å². The van der Waals surface area contributed by atoms with Gasteiger partial charge in [-0.25, -0.2) is 0 Å². The van der Waals surface area contributed by atoms with Gasteiger partial charge in [-0.15, -0.1) is 0 Å². The van der Waals surface area contributed by atoms with E-state index in [1.807, 2.05) is 0 Å². The smallest absolute Gasteiger partial charge is 0.00670 e. The van der Waals surface area contributed by atoms with Gasteiger partial charge in [-0.1, -0.05) is 26.2 Å². The first-order valence-corrected chi connectivity index (χ1v) is 6.37. The summed E-state index contributed by atoms with van der Waals surface area (Å²) in [7, 11) is 0. The van der Waals surface area contributed by atoms with Gasteiger partial charge in [0.05, 0.1) is 0 Å². The van der Waals surface area contributed by atoms with Gasteiger partial charge in [0.2, 0.25) is 0 Å². The van der Waals surface area contributed by atoms with Crippen LogP contribution in [0.25, 0.3) is 0 Å². The summed E-state index contributed by atoms with van der Waals surface area (Å²) >= 11 is 0. The van der Waals surface area contributed by atoms with E-state index in [1.54, 1.807) is 0 Å². The fourth-order valence-electron chi connectivity index (χ4n) is 2.16.